The van der Waals surface area contributed by atoms with Crippen LogP contribution in [0.25, 0.3) is 0 Å². The summed E-state index contributed by atoms with van der Waals surface area (Å²) in [6.07, 6.45) is 0. The minimum absolute atomic E-state index is 0.0839. The van der Waals surface area contributed by atoms with Crippen LogP contribution in [0.15, 0.2) is 48.5 Å². The monoisotopic (exact) mass is 356 g/mol. The Kier molecular flexibility index (Phi) is 6.14. The number of anilines is 1. The molecule has 4 nitrogen and oxygen atoms in total. The molecule has 1 N–H and O–H groups in total. The van der Waals surface area contributed by atoms with E-state index in [1.165, 1.54) is 12.1 Å². The second-order valence-corrected chi connectivity index (χ2v) is 7.31. The van der Waals surface area contributed by atoms with Gasteiger partial charge in [0.15, 0.2) is 0 Å². The number of carbonyl (C=O) groups excluding carboxylic acids is 2. The Morgan fingerprint density at radius 1 is 1.00 bits per heavy atom. The van der Waals surface area contributed by atoms with Crippen LogP contribution in [0.5, 0.6) is 0 Å². The highest BCUT2D eigenvalue weighted by molar-refractivity contribution is 6.06. The molecule has 2 aromatic carbocycles. The molecule has 0 fully saturated rings. The molecule has 2 amide bonds. The van der Waals surface area contributed by atoms with Crippen molar-refractivity contribution in [2.24, 2.45) is 5.41 Å². The fourth-order valence-corrected chi connectivity index (χ4v) is 2.37. The van der Waals surface area contributed by atoms with Gasteiger partial charge in [-0.25, -0.2) is 4.39 Å². The Labute approximate surface area is 154 Å². The van der Waals surface area contributed by atoms with Crippen LogP contribution in [0.1, 0.15) is 36.7 Å². The highest BCUT2D eigenvalue weighted by atomic mass is 19.1. The van der Waals surface area contributed by atoms with E-state index in [1.54, 1.807) is 29.2 Å². The molecule has 0 radical (unpaired) electrons. The Morgan fingerprint density at radius 3 is 2.12 bits per heavy atom. The molecule has 0 saturated carbocycles. The molecule has 0 aliphatic rings. The third-order valence-electron chi connectivity index (χ3n) is 3.98. The van der Waals surface area contributed by atoms with E-state index in [0.29, 0.717) is 24.3 Å². The van der Waals surface area contributed by atoms with Crippen molar-refractivity contribution in [3.63, 3.8) is 0 Å². The van der Waals surface area contributed by atoms with Gasteiger partial charge < -0.3 is 10.2 Å². The van der Waals surface area contributed by atoms with E-state index in [-0.39, 0.29) is 17.6 Å². The van der Waals surface area contributed by atoms with Crippen molar-refractivity contribution in [3.05, 3.63) is 65.5 Å². The van der Waals surface area contributed by atoms with Crippen molar-refractivity contribution in [3.8, 4) is 0 Å². The fourth-order valence-electron chi connectivity index (χ4n) is 2.37. The van der Waals surface area contributed by atoms with Crippen LogP contribution >= 0.6 is 0 Å². The number of aryl methyl sites for hydroxylation is 1. The minimum Gasteiger partial charge on any atom is -0.354 e. The summed E-state index contributed by atoms with van der Waals surface area (Å²) in [6.45, 7) is 8.05. The average Bonchev–Trinajstić information content (AvgIpc) is 2.59. The van der Waals surface area contributed by atoms with Crippen molar-refractivity contribution >= 4 is 17.5 Å². The lowest BCUT2D eigenvalue weighted by molar-refractivity contribution is -0.128. The van der Waals surface area contributed by atoms with Gasteiger partial charge in [0.2, 0.25) is 5.91 Å². The molecule has 0 unspecified atom stereocenters. The van der Waals surface area contributed by atoms with Crippen molar-refractivity contribution in [2.45, 2.75) is 27.7 Å². The first kappa shape index (κ1) is 19.6. The second-order valence-electron chi connectivity index (χ2n) is 7.31. The van der Waals surface area contributed by atoms with Crippen LogP contribution in [-0.2, 0) is 4.79 Å². The molecule has 0 bridgehead atoms. The summed E-state index contributed by atoms with van der Waals surface area (Å²) in [5.74, 6) is -0.640. The molecule has 0 heterocycles. The van der Waals surface area contributed by atoms with E-state index < -0.39 is 5.41 Å². The molecule has 0 atom stereocenters. The summed E-state index contributed by atoms with van der Waals surface area (Å²) in [4.78, 5) is 26.5. The first-order valence-electron chi connectivity index (χ1n) is 8.61. The Hall–Kier alpha value is -2.69. The van der Waals surface area contributed by atoms with Crippen molar-refractivity contribution < 1.29 is 14.0 Å². The quantitative estimate of drug-likeness (QED) is 0.882. The highest BCUT2D eigenvalue weighted by Crippen LogP contribution is 2.18. The van der Waals surface area contributed by atoms with Crippen molar-refractivity contribution in [1.82, 2.24) is 5.32 Å². The minimum atomic E-state index is -0.498. The Morgan fingerprint density at radius 2 is 1.58 bits per heavy atom. The van der Waals surface area contributed by atoms with Crippen LogP contribution in [0.4, 0.5) is 10.1 Å². The molecular formula is C21H25FN2O2. The van der Waals surface area contributed by atoms with Gasteiger partial charge in [-0.05, 0) is 43.3 Å². The molecule has 0 aliphatic carbocycles. The number of rotatable bonds is 5. The lowest BCUT2D eigenvalue weighted by atomic mass is 9.96. The first-order valence-corrected chi connectivity index (χ1v) is 8.61. The standard InChI is InChI=1S/C21H25FN2O2/c1-15-5-7-16(8-6-15)19(25)24(18-11-9-17(22)10-12-18)14-13-23-20(26)21(2,3)4/h5-12H,13-14H2,1-4H3,(H,23,26). The number of hydrogen-bond donors (Lipinski definition) is 1. The van der Waals surface area contributed by atoms with E-state index in [4.69, 9.17) is 0 Å². The summed E-state index contributed by atoms with van der Waals surface area (Å²) in [6, 6.07) is 13.0. The van der Waals surface area contributed by atoms with E-state index in [1.807, 2.05) is 39.8 Å². The largest absolute Gasteiger partial charge is 0.354 e. The molecule has 0 aromatic heterocycles. The fraction of sp³-hybridized carbons (Fsp3) is 0.333. The van der Waals surface area contributed by atoms with Crippen LogP contribution in [0, 0.1) is 18.2 Å². The van der Waals surface area contributed by atoms with Crippen molar-refractivity contribution in [2.75, 3.05) is 18.0 Å². The third kappa shape index (κ3) is 5.15. The maximum Gasteiger partial charge on any atom is 0.258 e. The maximum absolute atomic E-state index is 13.2. The third-order valence-corrected chi connectivity index (χ3v) is 3.98. The van der Waals surface area contributed by atoms with Crippen LogP contribution < -0.4 is 10.2 Å². The Balaban J connectivity index is 2.19. The second kappa shape index (κ2) is 8.13. The zero-order chi connectivity index (χ0) is 19.3. The number of nitrogens with zero attached hydrogens (tertiary/aromatic N) is 1. The molecule has 2 aromatic rings. The van der Waals surface area contributed by atoms with Gasteiger partial charge in [-0.1, -0.05) is 38.5 Å². The van der Waals surface area contributed by atoms with Crippen LogP contribution in [0.3, 0.4) is 0 Å². The van der Waals surface area contributed by atoms with Crippen LogP contribution in [0.2, 0.25) is 0 Å². The summed E-state index contributed by atoms with van der Waals surface area (Å²) >= 11 is 0. The lowest BCUT2D eigenvalue weighted by Gasteiger charge is -2.24. The molecule has 0 saturated heterocycles. The number of halogens is 1. The maximum atomic E-state index is 13.2. The summed E-state index contributed by atoms with van der Waals surface area (Å²) in [5.41, 5.74) is 1.69. The van der Waals surface area contributed by atoms with Gasteiger partial charge in [0.1, 0.15) is 5.82 Å². The molecular weight excluding hydrogens is 331 g/mol. The van der Waals surface area contributed by atoms with Crippen molar-refractivity contribution in [1.29, 1.82) is 0 Å². The zero-order valence-electron chi connectivity index (χ0n) is 15.7. The predicted molar refractivity (Wildman–Crippen MR) is 102 cm³/mol. The number of hydrogen-bond acceptors (Lipinski definition) is 2. The van der Waals surface area contributed by atoms with E-state index in [2.05, 4.69) is 5.32 Å². The summed E-state index contributed by atoms with van der Waals surface area (Å²) in [5, 5.41) is 2.84. The molecule has 26 heavy (non-hydrogen) atoms. The molecule has 5 heteroatoms. The van der Waals surface area contributed by atoms with Gasteiger partial charge in [0.25, 0.3) is 5.91 Å². The van der Waals surface area contributed by atoms with Gasteiger partial charge in [-0.15, -0.1) is 0 Å². The van der Waals surface area contributed by atoms with E-state index >= 15 is 0 Å². The first-order chi connectivity index (χ1) is 12.2. The molecule has 2 rings (SSSR count). The summed E-state index contributed by atoms with van der Waals surface area (Å²) in [7, 11) is 0. The predicted octanol–water partition coefficient (Wildman–Crippen LogP) is 3.94. The van der Waals surface area contributed by atoms with Gasteiger partial charge in [-0.2, -0.15) is 0 Å². The topological polar surface area (TPSA) is 49.4 Å². The highest BCUT2D eigenvalue weighted by Gasteiger charge is 2.22. The van der Waals surface area contributed by atoms with E-state index in [9.17, 15) is 14.0 Å². The van der Waals surface area contributed by atoms with Crippen LogP contribution in [-0.4, -0.2) is 24.9 Å². The number of carbonyl (C=O) groups is 2. The molecule has 0 aliphatic heterocycles. The molecule has 138 valence electrons. The van der Waals surface area contributed by atoms with Gasteiger partial charge >= 0.3 is 0 Å². The van der Waals surface area contributed by atoms with Gasteiger partial charge in [-0.3, -0.25) is 9.59 Å². The van der Waals surface area contributed by atoms with E-state index in [0.717, 1.165) is 5.56 Å². The normalized spacial score (nSPS) is 11.1. The molecule has 0 spiro atoms. The number of amides is 2. The number of benzene rings is 2. The van der Waals surface area contributed by atoms with Gasteiger partial charge in [0.05, 0.1) is 0 Å². The SMILES string of the molecule is Cc1ccc(C(=O)N(CCNC(=O)C(C)(C)C)c2ccc(F)cc2)cc1. The number of nitrogens with one attached hydrogen (secondary N) is 1. The van der Waals surface area contributed by atoms with Gasteiger partial charge in [0, 0.05) is 29.8 Å². The smallest absolute Gasteiger partial charge is 0.258 e. The average molecular weight is 356 g/mol. The zero-order valence-corrected chi connectivity index (χ0v) is 15.7. The lowest BCUT2D eigenvalue weighted by Crippen LogP contribution is -2.42. The summed E-state index contributed by atoms with van der Waals surface area (Å²) < 4.78 is 13.2. The Bertz CT molecular complexity index is 762.